The Bertz CT molecular complexity index is 470. The van der Waals surface area contributed by atoms with Crippen LogP contribution in [0, 0.1) is 11.7 Å². The van der Waals surface area contributed by atoms with Crippen molar-refractivity contribution in [2.75, 3.05) is 13.1 Å². The van der Waals surface area contributed by atoms with Gasteiger partial charge in [-0.15, -0.1) is 0 Å². The van der Waals surface area contributed by atoms with Crippen LogP contribution in [0.15, 0.2) is 24.3 Å². The molecule has 1 saturated heterocycles. The molecule has 1 unspecified atom stereocenters. The number of ketones is 1. The molecule has 0 N–H and O–H groups in total. The first-order chi connectivity index (χ1) is 9.10. The van der Waals surface area contributed by atoms with Crippen molar-refractivity contribution in [2.45, 2.75) is 26.2 Å². The predicted molar refractivity (Wildman–Crippen MR) is 70.1 cm³/mol. The SMILES string of the molecule is CCC1CN(C(=O)Cc2ccc(F)cc2)CCC1=O. The van der Waals surface area contributed by atoms with E-state index in [0.717, 1.165) is 12.0 Å². The van der Waals surface area contributed by atoms with Crippen LogP contribution in [-0.4, -0.2) is 29.7 Å². The highest BCUT2D eigenvalue weighted by Crippen LogP contribution is 2.17. The van der Waals surface area contributed by atoms with E-state index >= 15 is 0 Å². The zero-order valence-corrected chi connectivity index (χ0v) is 11.1. The lowest BCUT2D eigenvalue weighted by atomic mass is 9.94. The molecule has 1 aromatic rings. The molecular weight excluding hydrogens is 245 g/mol. The second kappa shape index (κ2) is 5.95. The molecule has 0 aromatic heterocycles. The van der Waals surface area contributed by atoms with Gasteiger partial charge in [0.25, 0.3) is 0 Å². The smallest absolute Gasteiger partial charge is 0.227 e. The van der Waals surface area contributed by atoms with E-state index in [-0.39, 0.29) is 29.8 Å². The predicted octanol–water partition coefficient (Wildman–Crippen LogP) is 2.20. The number of carbonyl (C=O) groups excluding carboxylic acids is 2. The van der Waals surface area contributed by atoms with Gasteiger partial charge in [0.05, 0.1) is 6.42 Å². The molecule has 1 fully saturated rings. The third kappa shape index (κ3) is 3.40. The van der Waals surface area contributed by atoms with Crippen LogP contribution in [0.4, 0.5) is 4.39 Å². The van der Waals surface area contributed by atoms with E-state index in [1.165, 1.54) is 12.1 Å². The fraction of sp³-hybridized carbons (Fsp3) is 0.467. The van der Waals surface area contributed by atoms with Gasteiger partial charge in [-0.1, -0.05) is 19.1 Å². The Balaban J connectivity index is 1.96. The minimum absolute atomic E-state index is 0.0116. The van der Waals surface area contributed by atoms with Crippen LogP contribution >= 0.6 is 0 Å². The molecule has 0 aliphatic carbocycles. The van der Waals surface area contributed by atoms with Crippen LogP contribution in [0.25, 0.3) is 0 Å². The van der Waals surface area contributed by atoms with Crippen molar-refractivity contribution in [1.82, 2.24) is 4.90 Å². The maximum absolute atomic E-state index is 12.8. The van der Waals surface area contributed by atoms with E-state index in [2.05, 4.69) is 0 Å². The molecule has 2 rings (SSSR count). The zero-order valence-electron chi connectivity index (χ0n) is 11.1. The lowest BCUT2D eigenvalue weighted by Gasteiger charge is -2.31. The highest BCUT2D eigenvalue weighted by atomic mass is 19.1. The van der Waals surface area contributed by atoms with Crippen LogP contribution in [0.5, 0.6) is 0 Å². The van der Waals surface area contributed by atoms with Crippen molar-refractivity contribution in [3.05, 3.63) is 35.6 Å². The summed E-state index contributed by atoms with van der Waals surface area (Å²) in [5, 5.41) is 0. The van der Waals surface area contributed by atoms with Crippen LogP contribution < -0.4 is 0 Å². The molecule has 0 spiro atoms. The number of amides is 1. The van der Waals surface area contributed by atoms with E-state index in [9.17, 15) is 14.0 Å². The molecule has 1 atom stereocenters. The van der Waals surface area contributed by atoms with Crippen molar-refractivity contribution >= 4 is 11.7 Å². The Labute approximate surface area is 112 Å². The average Bonchev–Trinajstić information content (AvgIpc) is 2.42. The molecule has 4 heteroatoms. The summed E-state index contributed by atoms with van der Waals surface area (Å²) in [6, 6.07) is 5.97. The second-order valence-corrected chi connectivity index (χ2v) is 4.96. The van der Waals surface area contributed by atoms with Gasteiger partial charge in [-0.2, -0.15) is 0 Å². The summed E-state index contributed by atoms with van der Waals surface area (Å²) in [6.45, 7) is 3.00. The zero-order chi connectivity index (χ0) is 13.8. The van der Waals surface area contributed by atoms with Crippen molar-refractivity contribution in [1.29, 1.82) is 0 Å². The number of carbonyl (C=O) groups is 2. The molecule has 3 nitrogen and oxygen atoms in total. The van der Waals surface area contributed by atoms with Crippen LogP contribution in [0.3, 0.4) is 0 Å². The van der Waals surface area contributed by atoms with E-state index in [1.54, 1.807) is 17.0 Å². The number of nitrogens with zero attached hydrogens (tertiary/aromatic N) is 1. The second-order valence-electron chi connectivity index (χ2n) is 4.96. The molecule has 1 aliphatic rings. The number of likely N-dealkylation sites (tertiary alicyclic amines) is 1. The number of halogens is 1. The van der Waals surface area contributed by atoms with Crippen molar-refractivity contribution in [3.8, 4) is 0 Å². The Morgan fingerprint density at radius 3 is 2.68 bits per heavy atom. The highest BCUT2D eigenvalue weighted by molar-refractivity contribution is 5.86. The average molecular weight is 263 g/mol. The molecule has 0 radical (unpaired) electrons. The first-order valence-electron chi connectivity index (χ1n) is 6.65. The molecule has 0 saturated carbocycles. The van der Waals surface area contributed by atoms with E-state index in [4.69, 9.17) is 0 Å². The van der Waals surface area contributed by atoms with Gasteiger partial charge in [-0.05, 0) is 24.1 Å². The lowest BCUT2D eigenvalue weighted by Crippen LogP contribution is -2.44. The number of piperidine rings is 1. The fourth-order valence-corrected chi connectivity index (χ4v) is 2.38. The molecule has 1 amide bonds. The fourth-order valence-electron chi connectivity index (χ4n) is 2.38. The summed E-state index contributed by atoms with van der Waals surface area (Å²) < 4.78 is 12.8. The highest BCUT2D eigenvalue weighted by Gasteiger charge is 2.28. The molecule has 0 bridgehead atoms. The van der Waals surface area contributed by atoms with Gasteiger partial charge < -0.3 is 4.90 Å². The monoisotopic (exact) mass is 263 g/mol. The van der Waals surface area contributed by atoms with E-state index < -0.39 is 0 Å². The van der Waals surface area contributed by atoms with Gasteiger partial charge in [0, 0.05) is 25.4 Å². The standard InChI is InChI=1S/C15H18FNO2/c1-2-12-10-17(8-7-14(12)18)15(19)9-11-3-5-13(16)6-4-11/h3-6,12H,2,7-10H2,1H3. The van der Waals surface area contributed by atoms with E-state index in [1.807, 2.05) is 6.92 Å². The van der Waals surface area contributed by atoms with Crippen LogP contribution in [0.2, 0.25) is 0 Å². The van der Waals surface area contributed by atoms with Gasteiger partial charge >= 0.3 is 0 Å². The van der Waals surface area contributed by atoms with Gasteiger partial charge in [-0.25, -0.2) is 4.39 Å². The van der Waals surface area contributed by atoms with E-state index in [0.29, 0.717) is 19.5 Å². The minimum Gasteiger partial charge on any atom is -0.341 e. The Hall–Kier alpha value is -1.71. The summed E-state index contributed by atoms with van der Waals surface area (Å²) in [7, 11) is 0. The summed E-state index contributed by atoms with van der Waals surface area (Å²) in [6.07, 6.45) is 1.50. The molecule has 1 heterocycles. The normalized spacial score (nSPS) is 19.6. The Morgan fingerprint density at radius 2 is 2.05 bits per heavy atom. The third-order valence-corrected chi connectivity index (χ3v) is 3.64. The molecule has 1 aliphatic heterocycles. The van der Waals surface area contributed by atoms with Crippen molar-refractivity contribution in [3.63, 3.8) is 0 Å². The van der Waals surface area contributed by atoms with Gasteiger partial charge in [0.1, 0.15) is 11.6 Å². The number of benzene rings is 1. The van der Waals surface area contributed by atoms with Gasteiger partial charge in [0.2, 0.25) is 5.91 Å². The number of rotatable bonds is 3. The Morgan fingerprint density at radius 1 is 1.37 bits per heavy atom. The van der Waals surface area contributed by atoms with Crippen LogP contribution in [-0.2, 0) is 16.0 Å². The van der Waals surface area contributed by atoms with Crippen LogP contribution in [0.1, 0.15) is 25.3 Å². The Kier molecular flexibility index (Phi) is 4.30. The molecular formula is C15H18FNO2. The first-order valence-corrected chi connectivity index (χ1v) is 6.65. The first kappa shape index (κ1) is 13.7. The maximum Gasteiger partial charge on any atom is 0.227 e. The third-order valence-electron chi connectivity index (χ3n) is 3.64. The summed E-state index contributed by atoms with van der Waals surface area (Å²) in [4.78, 5) is 25.5. The van der Waals surface area contributed by atoms with Crippen molar-refractivity contribution < 1.29 is 14.0 Å². The molecule has 102 valence electrons. The largest absolute Gasteiger partial charge is 0.341 e. The number of Topliss-reactive ketones (excluding diaryl/α,β-unsaturated/α-hetero) is 1. The summed E-state index contributed by atoms with van der Waals surface area (Å²) in [5.74, 6) is -0.0531. The molecule has 19 heavy (non-hydrogen) atoms. The quantitative estimate of drug-likeness (QED) is 0.838. The topological polar surface area (TPSA) is 37.4 Å². The lowest BCUT2D eigenvalue weighted by molar-refractivity contribution is -0.136. The number of hydrogen-bond donors (Lipinski definition) is 0. The minimum atomic E-state index is -0.300. The van der Waals surface area contributed by atoms with Gasteiger partial charge in [-0.3, -0.25) is 9.59 Å². The summed E-state index contributed by atoms with van der Waals surface area (Å²) in [5.41, 5.74) is 0.802. The van der Waals surface area contributed by atoms with Gasteiger partial charge in [0.15, 0.2) is 0 Å². The summed E-state index contributed by atoms with van der Waals surface area (Å²) >= 11 is 0. The maximum atomic E-state index is 12.8. The van der Waals surface area contributed by atoms with Crippen molar-refractivity contribution in [2.24, 2.45) is 5.92 Å². The number of hydrogen-bond acceptors (Lipinski definition) is 2. The molecule has 1 aromatic carbocycles.